The van der Waals surface area contributed by atoms with E-state index in [2.05, 4.69) is 21.4 Å². The lowest BCUT2D eigenvalue weighted by Gasteiger charge is -2.15. The number of imidazole rings is 1. The van der Waals surface area contributed by atoms with Gasteiger partial charge in [0, 0.05) is 11.9 Å². The van der Waals surface area contributed by atoms with Crippen LogP contribution in [0.2, 0.25) is 0 Å². The van der Waals surface area contributed by atoms with Gasteiger partial charge in [-0.1, -0.05) is 6.07 Å². The predicted molar refractivity (Wildman–Crippen MR) is 64.2 cm³/mol. The van der Waals surface area contributed by atoms with Gasteiger partial charge in [-0.3, -0.25) is 0 Å². The molecule has 0 amide bonds. The summed E-state index contributed by atoms with van der Waals surface area (Å²) in [6.07, 6.45) is 0. The lowest BCUT2D eigenvalue weighted by atomic mass is 10.4. The lowest BCUT2D eigenvalue weighted by molar-refractivity contribution is 0.917. The van der Waals surface area contributed by atoms with Crippen LogP contribution < -0.4 is 10.6 Å². The zero-order valence-electron chi connectivity index (χ0n) is 8.82. The van der Waals surface area contributed by atoms with E-state index in [0.717, 1.165) is 18.2 Å². The van der Waals surface area contributed by atoms with Crippen LogP contribution in [0.15, 0.2) is 17.5 Å². The van der Waals surface area contributed by atoms with Crippen LogP contribution in [0.4, 0.5) is 11.6 Å². The molecule has 0 aromatic carbocycles. The van der Waals surface area contributed by atoms with Crippen LogP contribution >= 0.6 is 11.3 Å². The third-order valence-electron chi connectivity index (χ3n) is 2.16. The molecule has 3 N–H and O–H groups in total. The van der Waals surface area contributed by atoms with Crippen LogP contribution in [-0.4, -0.2) is 17.0 Å². The fourth-order valence-electron chi connectivity index (χ4n) is 1.50. The number of hydrogen-bond donors (Lipinski definition) is 2. The SMILES string of the molecule is Cc1nc(N(C)Cc2cccs2)c(N)[nH]1. The zero-order chi connectivity index (χ0) is 10.8. The first-order valence-electron chi connectivity index (χ1n) is 4.72. The van der Waals surface area contributed by atoms with Crippen molar-refractivity contribution in [2.75, 3.05) is 17.7 Å². The van der Waals surface area contributed by atoms with E-state index < -0.39 is 0 Å². The van der Waals surface area contributed by atoms with E-state index >= 15 is 0 Å². The predicted octanol–water partition coefficient (Wildman–Crippen LogP) is 2.00. The molecule has 0 unspecified atom stereocenters. The summed E-state index contributed by atoms with van der Waals surface area (Å²) >= 11 is 1.74. The van der Waals surface area contributed by atoms with Gasteiger partial charge >= 0.3 is 0 Å². The van der Waals surface area contributed by atoms with E-state index in [-0.39, 0.29) is 0 Å². The maximum absolute atomic E-state index is 5.81. The molecular weight excluding hydrogens is 208 g/mol. The average molecular weight is 222 g/mol. The van der Waals surface area contributed by atoms with Crippen molar-refractivity contribution in [3.8, 4) is 0 Å². The second kappa shape index (κ2) is 3.94. The summed E-state index contributed by atoms with van der Waals surface area (Å²) in [4.78, 5) is 10.7. The topological polar surface area (TPSA) is 57.9 Å². The number of nitrogen functional groups attached to an aromatic ring is 1. The molecule has 0 radical (unpaired) electrons. The smallest absolute Gasteiger partial charge is 0.171 e. The second-order valence-electron chi connectivity index (χ2n) is 3.49. The fourth-order valence-corrected chi connectivity index (χ4v) is 2.26. The lowest BCUT2D eigenvalue weighted by Crippen LogP contribution is -2.17. The number of aromatic nitrogens is 2. The highest BCUT2D eigenvalue weighted by Crippen LogP contribution is 2.21. The molecule has 0 aliphatic heterocycles. The highest BCUT2D eigenvalue weighted by Gasteiger charge is 2.10. The summed E-state index contributed by atoms with van der Waals surface area (Å²) in [6, 6.07) is 4.16. The molecule has 0 spiro atoms. The fraction of sp³-hybridized carbons (Fsp3) is 0.300. The summed E-state index contributed by atoms with van der Waals surface area (Å²) in [7, 11) is 1.99. The third-order valence-corrected chi connectivity index (χ3v) is 3.03. The molecule has 4 nitrogen and oxygen atoms in total. The summed E-state index contributed by atoms with van der Waals surface area (Å²) in [6.45, 7) is 2.74. The largest absolute Gasteiger partial charge is 0.382 e. The highest BCUT2D eigenvalue weighted by atomic mass is 32.1. The molecule has 0 aliphatic rings. The second-order valence-corrected chi connectivity index (χ2v) is 4.53. The van der Waals surface area contributed by atoms with E-state index in [1.54, 1.807) is 11.3 Å². The quantitative estimate of drug-likeness (QED) is 0.835. The standard InChI is InChI=1S/C10H14N4S/c1-7-12-9(11)10(13-7)14(2)6-8-4-3-5-15-8/h3-5H,6,11H2,1-2H3,(H,12,13). The number of anilines is 2. The molecule has 5 heteroatoms. The van der Waals surface area contributed by atoms with Crippen LogP contribution in [0, 0.1) is 6.92 Å². The molecule has 2 heterocycles. The van der Waals surface area contributed by atoms with Crippen molar-refractivity contribution in [3.05, 3.63) is 28.2 Å². The summed E-state index contributed by atoms with van der Waals surface area (Å²) < 4.78 is 0. The van der Waals surface area contributed by atoms with Crippen molar-refractivity contribution in [1.29, 1.82) is 0 Å². The molecule has 0 aliphatic carbocycles. The molecule has 0 saturated carbocycles. The van der Waals surface area contributed by atoms with Gasteiger partial charge in [-0.05, 0) is 18.4 Å². The number of nitrogens with two attached hydrogens (primary N) is 1. The molecule has 15 heavy (non-hydrogen) atoms. The van der Waals surface area contributed by atoms with E-state index in [1.165, 1.54) is 4.88 Å². The molecule has 0 fully saturated rings. The zero-order valence-corrected chi connectivity index (χ0v) is 9.64. The Kier molecular flexibility index (Phi) is 2.64. The van der Waals surface area contributed by atoms with Crippen molar-refractivity contribution in [1.82, 2.24) is 9.97 Å². The number of rotatable bonds is 3. The number of nitrogens with zero attached hydrogens (tertiary/aromatic N) is 2. The minimum Gasteiger partial charge on any atom is -0.382 e. The number of hydrogen-bond acceptors (Lipinski definition) is 4. The Hall–Kier alpha value is -1.49. The number of H-pyrrole nitrogens is 1. The minimum absolute atomic E-state index is 0.631. The Bertz CT molecular complexity index is 432. The number of aromatic amines is 1. The van der Waals surface area contributed by atoms with Gasteiger partial charge < -0.3 is 15.6 Å². The molecule has 80 valence electrons. The van der Waals surface area contributed by atoms with E-state index in [0.29, 0.717) is 5.82 Å². The van der Waals surface area contributed by atoms with Crippen LogP contribution in [0.25, 0.3) is 0 Å². The molecule has 2 rings (SSSR count). The third kappa shape index (κ3) is 2.12. The Morgan fingerprint density at radius 2 is 2.40 bits per heavy atom. The number of nitrogens with one attached hydrogen (secondary N) is 1. The van der Waals surface area contributed by atoms with Crippen LogP contribution in [0.5, 0.6) is 0 Å². The van der Waals surface area contributed by atoms with Gasteiger partial charge in [0.2, 0.25) is 0 Å². The van der Waals surface area contributed by atoms with Crippen molar-refractivity contribution < 1.29 is 0 Å². The first-order chi connectivity index (χ1) is 7.16. The maximum Gasteiger partial charge on any atom is 0.171 e. The number of thiophene rings is 1. The van der Waals surface area contributed by atoms with E-state index in [9.17, 15) is 0 Å². The normalized spacial score (nSPS) is 10.5. The Morgan fingerprint density at radius 1 is 1.60 bits per heavy atom. The van der Waals surface area contributed by atoms with Gasteiger partial charge in [-0.2, -0.15) is 0 Å². The van der Waals surface area contributed by atoms with Crippen molar-refractivity contribution in [3.63, 3.8) is 0 Å². The van der Waals surface area contributed by atoms with Crippen LogP contribution in [0.1, 0.15) is 10.7 Å². The van der Waals surface area contributed by atoms with Crippen molar-refractivity contribution >= 4 is 23.0 Å². The van der Waals surface area contributed by atoms with Crippen LogP contribution in [-0.2, 0) is 6.54 Å². The van der Waals surface area contributed by atoms with Gasteiger partial charge in [-0.25, -0.2) is 4.98 Å². The molecule has 0 saturated heterocycles. The van der Waals surface area contributed by atoms with Crippen molar-refractivity contribution in [2.24, 2.45) is 0 Å². The van der Waals surface area contributed by atoms with Gasteiger partial charge in [0.25, 0.3) is 0 Å². The Balaban J connectivity index is 2.14. The first kappa shape index (κ1) is 10.0. The summed E-state index contributed by atoms with van der Waals surface area (Å²) in [5.74, 6) is 2.30. The Morgan fingerprint density at radius 3 is 2.93 bits per heavy atom. The van der Waals surface area contributed by atoms with E-state index in [1.807, 2.05) is 24.9 Å². The molecule has 0 atom stereocenters. The minimum atomic E-state index is 0.631. The average Bonchev–Trinajstić information content (AvgIpc) is 2.75. The summed E-state index contributed by atoms with van der Waals surface area (Å²) in [5.41, 5.74) is 5.81. The summed E-state index contributed by atoms with van der Waals surface area (Å²) in [5, 5.41) is 2.07. The van der Waals surface area contributed by atoms with Crippen LogP contribution in [0.3, 0.4) is 0 Å². The molecule has 2 aromatic rings. The Labute approximate surface area is 92.8 Å². The van der Waals surface area contributed by atoms with Gasteiger partial charge in [0.05, 0.1) is 6.54 Å². The highest BCUT2D eigenvalue weighted by molar-refractivity contribution is 7.09. The van der Waals surface area contributed by atoms with Gasteiger partial charge in [0.15, 0.2) is 5.82 Å². The molecule has 2 aromatic heterocycles. The first-order valence-corrected chi connectivity index (χ1v) is 5.60. The number of aryl methyl sites for hydroxylation is 1. The monoisotopic (exact) mass is 222 g/mol. The van der Waals surface area contributed by atoms with E-state index in [4.69, 9.17) is 5.73 Å². The van der Waals surface area contributed by atoms with Gasteiger partial charge in [-0.15, -0.1) is 11.3 Å². The molecule has 0 bridgehead atoms. The van der Waals surface area contributed by atoms with Gasteiger partial charge in [0.1, 0.15) is 11.6 Å². The van der Waals surface area contributed by atoms with Crippen molar-refractivity contribution in [2.45, 2.75) is 13.5 Å². The maximum atomic E-state index is 5.81. The molecular formula is C10H14N4S.